The Morgan fingerprint density at radius 1 is 2.00 bits per heavy atom. The molecule has 3 heteroatoms. The van der Waals surface area contributed by atoms with E-state index in [9.17, 15) is 4.79 Å². The van der Waals surface area contributed by atoms with Crippen LogP contribution >= 0.6 is 22.9 Å². The molecule has 0 bridgehead atoms. The quantitative estimate of drug-likeness (QED) is 0.422. The first-order valence-corrected chi connectivity index (χ1v) is 2.88. The van der Waals surface area contributed by atoms with Gasteiger partial charge in [0.05, 0.1) is 6.54 Å². The van der Waals surface area contributed by atoms with Crippen LogP contribution in [-0.4, -0.2) is 12.3 Å². The molecule has 0 fully saturated rings. The highest BCUT2D eigenvalue weighted by Crippen LogP contribution is 1.72. The van der Waals surface area contributed by atoms with Crippen molar-refractivity contribution in [2.24, 2.45) is 0 Å². The normalized spacial score (nSPS) is 8.14. The Hall–Kier alpha value is 0.1000. The highest BCUT2D eigenvalue weighted by molar-refractivity contribution is 14.1. The van der Waals surface area contributed by atoms with Gasteiger partial charge in [-0.05, 0) is 6.08 Å². The molecule has 2 nitrogen and oxygen atoms in total. The fraction of sp³-hybridized carbons (Fsp3) is 0.250. The van der Waals surface area contributed by atoms with Gasteiger partial charge in [0.2, 0.25) is 0 Å². The number of rotatable bonds is 3. The summed E-state index contributed by atoms with van der Waals surface area (Å²) in [6.07, 6.45) is 1.30. The van der Waals surface area contributed by atoms with Crippen molar-refractivity contribution < 1.29 is 4.79 Å². The Balaban J connectivity index is 3.17. The molecule has 0 atom stereocenters. The molecule has 0 aliphatic carbocycles. The van der Waals surface area contributed by atoms with E-state index in [-0.39, 0.29) is 5.78 Å². The summed E-state index contributed by atoms with van der Waals surface area (Å²) in [5.41, 5.74) is 0. The van der Waals surface area contributed by atoms with Gasteiger partial charge in [-0.15, -0.1) is 0 Å². The zero-order chi connectivity index (χ0) is 5.70. The van der Waals surface area contributed by atoms with E-state index in [1.807, 2.05) is 22.9 Å². The van der Waals surface area contributed by atoms with Crippen LogP contribution in [0.25, 0.3) is 0 Å². The van der Waals surface area contributed by atoms with Gasteiger partial charge in [-0.1, -0.05) is 6.58 Å². The van der Waals surface area contributed by atoms with Gasteiger partial charge in [0.25, 0.3) is 0 Å². The Bertz CT molecular complexity index is 81.8. The maximum atomic E-state index is 10.2. The molecule has 0 spiro atoms. The molecule has 0 unspecified atom stereocenters. The monoisotopic (exact) mass is 211 g/mol. The molecule has 0 aromatic carbocycles. The largest absolute Gasteiger partial charge is 0.293 e. The third-order valence-electron chi connectivity index (χ3n) is 0.469. The lowest BCUT2D eigenvalue weighted by Crippen LogP contribution is -2.09. The van der Waals surface area contributed by atoms with Gasteiger partial charge in [-0.25, -0.2) is 0 Å². The summed E-state index contributed by atoms with van der Waals surface area (Å²) in [5.74, 6) is 0.0226. The minimum atomic E-state index is 0.0226. The van der Waals surface area contributed by atoms with E-state index in [0.29, 0.717) is 6.54 Å². The summed E-state index contributed by atoms with van der Waals surface area (Å²) >= 11 is 1.91. The summed E-state index contributed by atoms with van der Waals surface area (Å²) < 4.78 is 2.67. The van der Waals surface area contributed by atoms with Crippen molar-refractivity contribution in [3.05, 3.63) is 12.7 Å². The number of carbonyl (C=O) groups excluding carboxylic acids is 1. The number of hydrogen-bond acceptors (Lipinski definition) is 2. The second-order valence-corrected chi connectivity index (χ2v) is 1.74. The molecular formula is C4H6INO. The van der Waals surface area contributed by atoms with Gasteiger partial charge in [-0.2, -0.15) is 0 Å². The molecule has 0 aromatic rings. The number of ketones is 1. The van der Waals surface area contributed by atoms with Gasteiger partial charge in [0.1, 0.15) is 0 Å². The smallest absolute Gasteiger partial charge is 0.169 e. The summed E-state index contributed by atoms with van der Waals surface area (Å²) in [6.45, 7) is 3.67. The molecule has 40 valence electrons. The number of nitrogens with one attached hydrogen (secondary N) is 1. The van der Waals surface area contributed by atoms with Gasteiger partial charge >= 0.3 is 0 Å². The third kappa shape index (κ3) is 3.94. The minimum absolute atomic E-state index is 0.0226. The van der Waals surface area contributed by atoms with Gasteiger partial charge < -0.3 is 0 Å². The molecule has 7 heavy (non-hydrogen) atoms. The lowest BCUT2D eigenvalue weighted by Gasteiger charge is -1.84. The maximum absolute atomic E-state index is 10.2. The summed E-state index contributed by atoms with van der Waals surface area (Å²) in [5, 5.41) is 0. The van der Waals surface area contributed by atoms with Crippen LogP contribution in [0.4, 0.5) is 0 Å². The van der Waals surface area contributed by atoms with E-state index >= 15 is 0 Å². The SMILES string of the molecule is C=CC(=O)CNI. The summed E-state index contributed by atoms with van der Waals surface area (Å²) in [4.78, 5) is 10.2. The number of hydrogen-bond donors (Lipinski definition) is 1. The molecule has 0 aliphatic rings. The van der Waals surface area contributed by atoms with Crippen LogP contribution in [0.15, 0.2) is 12.7 Å². The van der Waals surface area contributed by atoms with E-state index in [1.54, 1.807) is 0 Å². The van der Waals surface area contributed by atoms with Crippen LogP contribution in [0, 0.1) is 0 Å². The molecule has 0 heterocycles. The average molecular weight is 211 g/mol. The van der Waals surface area contributed by atoms with Crippen molar-refractivity contribution in [3.8, 4) is 0 Å². The fourth-order valence-electron chi connectivity index (χ4n) is 0.138. The second-order valence-electron chi connectivity index (χ2n) is 0.981. The van der Waals surface area contributed by atoms with Gasteiger partial charge in [-0.3, -0.25) is 8.32 Å². The molecule has 0 aromatic heterocycles. The van der Waals surface area contributed by atoms with Crippen LogP contribution < -0.4 is 3.53 Å². The number of carbonyl (C=O) groups is 1. The predicted molar refractivity (Wildman–Crippen MR) is 37.2 cm³/mol. The van der Waals surface area contributed by atoms with E-state index in [2.05, 4.69) is 10.1 Å². The first kappa shape index (κ1) is 7.10. The zero-order valence-corrected chi connectivity index (χ0v) is 5.94. The lowest BCUT2D eigenvalue weighted by atomic mass is 10.4. The van der Waals surface area contributed by atoms with E-state index in [4.69, 9.17) is 0 Å². The Labute approximate surface area is 56.5 Å². The molecule has 0 saturated carbocycles. The summed E-state index contributed by atoms with van der Waals surface area (Å²) in [7, 11) is 0. The Morgan fingerprint density at radius 3 is 2.71 bits per heavy atom. The highest BCUT2D eigenvalue weighted by atomic mass is 127. The molecule has 0 radical (unpaired) electrons. The molecule has 0 amide bonds. The lowest BCUT2D eigenvalue weighted by molar-refractivity contribution is -0.113. The van der Waals surface area contributed by atoms with Crippen molar-refractivity contribution in [1.82, 2.24) is 3.53 Å². The maximum Gasteiger partial charge on any atom is 0.169 e. The first-order chi connectivity index (χ1) is 3.31. The van der Waals surface area contributed by atoms with E-state index < -0.39 is 0 Å². The topological polar surface area (TPSA) is 29.1 Å². The van der Waals surface area contributed by atoms with Gasteiger partial charge in [0, 0.05) is 22.9 Å². The fourth-order valence-corrected chi connectivity index (χ4v) is 0.514. The number of halogens is 1. The van der Waals surface area contributed by atoms with Crippen LogP contribution in [0.1, 0.15) is 0 Å². The van der Waals surface area contributed by atoms with Crippen LogP contribution in [0.2, 0.25) is 0 Å². The summed E-state index contributed by atoms with van der Waals surface area (Å²) in [6, 6.07) is 0. The van der Waals surface area contributed by atoms with Crippen LogP contribution in [-0.2, 0) is 4.79 Å². The van der Waals surface area contributed by atoms with Crippen molar-refractivity contribution in [2.45, 2.75) is 0 Å². The van der Waals surface area contributed by atoms with Crippen molar-refractivity contribution in [2.75, 3.05) is 6.54 Å². The molecule has 1 N–H and O–H groups in total. The van der Waals surface area contributed by atoms with Crippen molar-refractivity contribution in [1.29, 1.82) is 0 Å². The van der Waals surface area contributed by atoms with E-state index in [0.717, 1.165) is 0 Å². The minimum Gasteiger partial charge on any atom is -0.293 e. The molecule has 0 rings (SSSR count). The molecule has 0 aliphatic heterocycles. The highest BCUT2D eigenvalue weighted by Gasteiger charge is 1.87. The molecular weight excluding hydrogens is 205 g/mol. The Morgan fingerprint density at radius 2 is 2.57 bits per heavy atom. The molecule has 0 saturated heterocycles. The third-order valence-corrected chi connectivity index (χ3v) is 0.850. The van der Waals surface area contributed by atoms with Crippen molar-refractivity contribution in [3.63, 3.8) is 0 Å². The Kier molecular flexibility index (Phi) is 4.32. The first-order valence-electron chi connectivity index (χ1n) is 1.80. The second kappa shape index (κ2) is 4.26. The standard InChI is InChI=1S/C4H6INO/c1-2-4(7)3-6-5/h2,6H,1,3H2. The zero-order valence-electron chi connectivity index (χ0n) is 3.78. The van der Waals surface area contributed by atoms with E-state index in [1.165, 1.54) is 6.08 Å². The van der Waals surface area contributed by atoms with Gasteiger partial charge in [0.15, 0.2) is 5.78 Å². The van der Waals surface area contributed by atoms with Crippen LogP contribution in [0.5, 0.6) is 0 Å². The van der Waals surface area contributed by atoms with Crippen LogP contribution in [0.3, 0.4) is 0 Å². The predicted octanol–water partition coefficient (Wildman–Crippen LogP) is 0.681. The van der Waals surface area contributed by atoms with Crippen molar-refractivity contribution >= 4 is 28.6 Å². The average Bonchev–Trinajstić information content (AvgIpc) is 1.68.